The van der Waals surface area contributed by atoms with E-state index in [-0.39, 0.29) is 25.4 Å². The number of hydrogen-bond acceptors (Lipinski definition) is 6. The summed E-state index contributed by atoms with van der Waals surface area (Å²) in [5, 5.41) is 1.66. The summed E-state index contributed by atoms with van der Waals surface area (Å²) >= 11 is 0. The first-order chi connectivity index (χ1) is 14.2. The van der Waals surface area contributed by atoms with Crippen molar-refractivity contribution in [2.24, 2.45) is 0 Å². The number of methoxy groups -OCH3 is 1. The minimum atomic E-state index is -0.628. The molecule has 0 saturated carbocycles. The number of ether oxygens (including phenoxy) is 2. The van der Waals surface area contributed by atoms with Crippen LogP contribution in [0.4, 0.5) is 4.79 Å². The summed E-state index contributed by atoms with van der Waals surface area (Å²) in [7, 11) is 1.30. The van der Waals surface area contributed by atoms with Gasteiger partial charge >= 0.3 is 12.1 Å². The molecule has 30 heavy (non-hydrogen) atoms. The van der Waals surface area contributed by atoms with Crippen molar-refractivity contribution in [1.29, 1.82) is 0 Å². The fourth-order valence-electron chi connectivity index (χ4n) is 3.51. The van der Waals surface area contributed by atoms with Gasteiger partial charge in [-0.25, -0.2) is 4.79 Å². The van der Waals surface area contributed by atoms with Crippen LogP contribution in [-0.2, 0) is 14.3 Å². The number of aromatic nitrogens is 1. The number of esters is 1. The Morgan fingerprint density at radius 3 is 2.57 bits per heavy atom. The van der Waals surface area contributed by atoms with Gasteiger partial charge in [0.15, 0.2) is 0 Å². The van der Waals surface area contributed by atoms with E-state index in [0.717, 1.165) is 10.8 Å². The third-order valence-corrected chi connectivity index (χ3v) is 4.92. The van der Waals surface area contributed by atoms with Crippen LogP contribution in [0.25, 0.3) is 10.8 Å². The van der Waals surface area contributed by atoms with E-state index < -0.39 is 23.7 Å². The van der Waals surface area contributed by atoms with Gasteiger partial charge in [-0.3, -0.25) is 14.6 Å². The molecule has 1 aliphatic heterocycles. The molecule has 3 rings (SSSR count). The Hall–Kier alpha value is -3.16. The zero-order valence-corrected chi connectivity index (χ0v) is 17.8. The molecule has 0 N–H and O–H groups in total. The predicted molar refractivity (Wildman–Crippen MR) is 111 cm³/mol. The highest BCUT2D eigenvalue weighted by molar-refractivity contribution is 6.06. The lowest BCUT2D eigenvalue weighted by molar-refractivity contribution is -0.142. The molecule has 2 heterocycles. The third kappa shape index (κ3) is 4.87. The van der Waals surface area contributed by atoms with Crippen molar-refractivity contribution >= 4 is 28.7 Å². The Morgan fingerprint density at radius 2 is 1.87 bits per heavy atom. The molecule has 160 valence electrons. The lowest BCUT2D eigenvalue weighted by Gasteiger charge is -2.41. The van der Waals surface area contributed by atoms with Crippen molar-refractivity contribution in [3.05, 3.63) is 42.2 Å². The Balaban J connectivity index is 1.86. The molecular formula is C22H27N3O5. The second-order valence-electron chi connectivity index (χ2n) is 8.27. The summed E-state index contributed by atoms with van der Waals surface area (Å²) in [5.41, 5.74) is -0.162. The number of nitrogens with zero attached hydrogens (tertiary/aromatic N) is 3. The topological polar surface area (TPSA) is 89.0 Å². The van der Waals surface area contributed by atoms with Gasteiger partial charge in [-0.1, -0.05) is 24.3 Å². The summed E-state index contributed by atoms with van der Waals surface area (Å²) in [6.45, 7) is 6.17. The molecule has 1 saturated heterocycles. The zero-order chi connectivity index (χ0) is 21.9. The number of benzene rings is 1. The van der Waals surface area contributed by atoms with Gasteiger partial charge in [-0.15, -0.1) is 0 Å². The molecule has 2 amide bonds. The average molecular weight is 413 g/mol. The number of piperazine rings is 1. The molecule has 0 bridgehead atoms. The fourth-order valence-corrected chi connectivity index (χ4v) is 3.51. The lowest BCUT2D eigenvalue weighted by Crippen LogP contribution is -2.57. The molecule has 1 aromatic carbocycles. The number of rotatable bonds is 3. The highest BCUT2D eigenvalue weighted by atomic mass is 16.6. The minimum Gasteiger partial charge on any atom is -0.469 e. The predicted octanol–water partition coefficient (Wildman–Crippen LogP) is 2.86. The molecule has 8 nitrogen and oxygen atoms in total. The first-order valence-corrected chi connectivity index (χ1v) is 9.88. The van der Waals surface area contributed by atoms with E-state index in [1.54, 1.807) is 38.1 Å². The van der Waals surface area contributed by atoms with Gasteiger partial charge in [-0.05, 0) is 26.2 Å². The highest BCUT2D eigenvalue weighted by Gasteiger charge is 2.36. The van der Waals surface area contributed by atoms with Crippen molar-refractivity contribution in [3.8, 4) is 0 Å². The summed E-state index contributed by atoms with van der Waals surface area (Å²) in [6, 6.07) is 7.00. The van der Waals surface area contributed by atoms with Crippen LogP contribution in [0, 0.1) is 0 Å². The van der Waals surface area contributed by atoms with Crippen LogP contribution in [0.2, 0.25) is 0 Å². The first kappa shape index (κ1) is 21.5. The number of carbonyl (C=O) groups excluding carboxylic acids is 3. The SMILES string of the molecule is COC(=O)CC1CN(C(=O)OC(C)(C)C)CCN1C(=O)c1cncc2ccccc12. The van der Waals surface area contributed by atoms with Crippen LogP contribution in [-0.4, -0.2) is 71.1 Å². The van der Waals surface area contributed by atoms with Crippen LogP contribution in [0.5, 0.6) is 0 Å². The summed E-state index contributed by atoms with van der Waals surface area (Å²) in [5.74, 6) is -0.670. The van der Waals surface area contributed by atoms with E-state index >= 15 is 0 Å². The Labute approximate surface area is 175 Å². The van der Waals surface area contributed by atoms with Crippen molar-refractivity contribution in [1.82, 2.24) is 14.8 Å². The van der Waals surface area contributed by atoms with Gasteiger partial charge in [-0.2, -0.15) is 0 Å². The largest absolute Gasteiger partial charge is 0.469 e. The van der Waals surface area contributed by atoms with E-state index in [0.29, 0.717) is 12.1 Å². The molecule has 0 spiro atoms. The van der Waals surface area contributed by atoms with Gasteiger partial charge in [0, 0.05) is 37.4 Å². The molecule has 1 atom stereocenters. The van der Waals surface area contributed by atoms with Gasteiger partial charge in [0.25, 0.3) is 5.91 Å². The lowest BCUT2D eigenvalue weighted by atomic mass is 10.0. The van der Waals surface area contributed by atoms with Crippen LogP contribution < -0.4 is 0 Å². The molecule has 2 aromatic rings. The first-order valence-electron chi connectivity index (χ1n) is 9.88. The van der Waals surface area contributed by atoms with Crippen LogP contribution in [0.15, 0.2) is 36.7 Å². The molecule has 1 unspecified atom stereocenters. The highest BCUT2D eigenvalue weighted by Crippen LogP contribution is 2.23. The summed E-state index contributed by atoms with van der Waals surface area (Å²) < 4.78 is 10.3. The standard InChI is InChI=1S/C22H27N3O5/c1-22(2,3)30-21(28)24-9-10-25(16(14-24)11-19(26)29-4)20(27)18-13-23-12-15-7-5-6-8-17(15)18/h5-8,12-13,16H,9-11,14H2,1-4H3. The molecule has 0 radical (unpaired) electrons. The van der Waals surface area contributed by atoms with Crippen molar-refractivity contribution in [2.45, 2.75) is 38.8 Å². The smallest absolute Gasteiger partial charge is 0.410 e. The molecule has 1 aliphatic rings. The van der Waals surface area contributed by atoms with Crippen LogP contribution in [0.3, 0.4) is 0 Å². The van der Waals surface area contributed by atoms with Crippen molar-refractivity contribution in [2.75, 3.05) is 26.7 Å². The maximum absolute atomic E-state index is 13.4. The third-order valence-electron chi connectivity index (χ3n) is 4.92. The number of carbonyl (C=O) groups is 3. The number of hydrogen-bond donors (Lipinski definition) is 0. The fraction of sp³-hybridized carbons (Fsp3) is 0.455. The second-order valence-corrected chi connectivity index (χ2v) is 8.27. The van der Waals surface area contributed by atoms with E-state index in [2.05, 4.69) is 4.98 Å². The van der Waals surface area contributed by atoms with Crippen LogP contribution in [0.1, 0.15) is 37.6 Å². The Morgan fingerprint density at radius 1 is 1.13 bits per heavy atom. The average Bonchev–Trinajstić information content (AvgIpc) is 2.71. The van der Waals surface area contributed by atoms with E-state index in [1.165, 1.54) is 12.0 Å². The number of pyridine rings is 1. The summed E-state index contributed by atoms with van der Waals surface area (Å²) in [4.78, 5) is 45.3. The maximum atomic E-state index is 13.4. The van der Waals surface area contributed by atoms with E-state index in [9.17, 15) is 14.4 Å². The Kier molecular flexibility index (Phi) is 6.24. The monoisotopic (exact) mass is 413 g/mol. The van der Waals surface area contributed by atoms with Crippen molar-refractivity contribution < 1.29 is 23.9 Å². The molecule has 1 aromatic heterocycles. The maximum Gasteiger partial charge on any atom is 0.410 e. The van der Waals surface area contributed by atoms with E-state index in [1.807, 2.05) is 24.3 Å². The summed E-state index contributed by atoms with van der Waals surface area (Å²) in [6.07, 6.45) is 2.77. The minimum absolute atomic E-state index is 0.0142. The quantitative estimate of drug-likeness (QED) is 0.719. The van der Waals surface area contributed by atoms with Gasteiger partial charge in [0.1, 0.15) is 5.60 Å². The van der Waals surface area contributed by atoms with E-state index in [4.69, 9.17) is 9.47 Å². The van der Waals surface area contributed by atoms with Crippen molar-refractivity contribution in [3.63, 3.8) is 0 Å². The molecular weight excluding hydrogens is 386 g/mol. The Bertz CT molecular complexity index is 948. The molecule has 0 aliphatic carbocycles. The van der Waals surface area contributed by atoms with Gasteiger partial charge in [0.05, 0.1) is 25.1 Å². The normalized spacial score (nSPS) is 17.0. The molecule has 8 heteroatoms. The molecule has 1 fully saturated rings. The second kappa shape index (κ2) is 8.69. The zero-order valence-electron chi connectivity index (χ0n) is 17.8. The van der Waals surface area contributed by atoms with Gasteiger partial charge < -0.3 is 19.3 Å². The number of amides is 2. The van der Waals surface area contributed by atoms with Crippen LogP contribution >= 0.6 is 0 Å². The number of fused-ring (bicyclic) bond motifs is 1. The van der Waals surface area contributed by atoms with Gasteiger partial charge in [0.2, 0.25) is 0 Å².